The molecule has 2 rings (SSSR count). The number of nitrogen functional groups attached to an aromatic ring is 1. The molecule has 3 N–H and O–H groups in total. The molecule has 0 spiro atoms. The van der Waals surface area contributed by atoms with Crippen LogP contribution in [0.1, 0.15) is 0 Å². The van der Waals surface area contributed by atoms with Crippen LogP contribution in [0.15, 0.2) is 35.7 Å². The summed E-state index contributed by atoms with van der Waals surface area (Å²) in [6.45, 7) is 0. The van der Waals surface area contributed by atoms with Crippen LogP contribution in [0.3, 0.4) is 0 Å². The first-order valence-corrected chi connectivity index (χ1v) is 4.99. The van der Waals surface area contributed by atoms with Crippen LogP contribution in [0, 0.1) is 5.82 Å². The summed E-state index contributed by atoms with van der Waals surface area (Å²) in [7, 11) is 0. The van der Waals surface area contributed by atoms with Crippen molar-refractivity contribution in [3.63, 3.8) is 0 Å². The van der Waals surface area contributed by atoms with E-state index in [2.05, 4.69) is 5.32 Å². The van der Waals surface area contributed by atoms with Gasteiger partial charge in [0.05, 0.1) is 16.4 Å². The molecule has 1 aromatic carbocycles. The number of rotatable bonds is 2. The van der Waals surface area contributed by atoms with E-state index in [4.69, 9.17) is 5.73 Å². The fourth-order valence-corrected chi connectivity index (χ4v) is 1.75. The maximum absolute atomic E-state index is 12.9. The third-order valence-electron chi connectivity index (χ3n) is 1.79. The molecule has 0 aliphatic rings. The SMILES string of the molecule is Nc1ccc(F)cc1Nc1cccs1. The lowest BCUT2D eigenvalue weighted by molar-refractivity contribution is 0.628. The minimum Gasteiger partial charge on any atom is -0.397 e. The molecule has 0 bridgehead atoms. The van der Waals surface area contributed by atoms with Crippen LogP contribution < -0.4 is 11.1 Å². The second kappa shape index (κ2) is 3.67. The molecule has 2 aromatic rings. The average Bonchev–Trinajstić information content (AvgIpc) is 2.64. The van der Waals surface area contributed by atoms with E-state index in [1.165, 1.54) is 12.1 Å². The predicted molar refractivity (Wildman–Crippen MR) is 58.4 cm³/mol. The van der Waals surface area contributed by atoms with E-state index >= 15 is 0 Å². The average molecular weight is 208 g/mol. The quantitative estimate of drug-likeness (QED) is 0.744. The first-order valence-electron chi connectivity index (χ1n) is 4.11. The zero-order valence-corrected chi connectivity index (χ0v) is 8.14. The Morgan fingerprint density at radius 3 is 2.86 bits per heavy atom. The van der Waals surface area contributed by atoms with Gasteiger partial charge in [0.15, 0.2) is 0 Å². The van der Waals surface area contributed by atoms with Gasteiger partial charge in [0.2, 0.25) is 0 Å². The van der Waals surface area contributed by atoms with E-state index in [1.807, 2.05) is 17.5 Å². The lowest BCUT2D eigenvalue weighted by atomic mass is 10.2. The van der Waals surface area contributed by atoms with E-state index < -0.39 is 0 Å². The zero-order chi connectivity index (χ0) is 9.97. The van der Waals surface area contributed by atoms with E-state index in [9.17, 15) is 4.39 Å². The third kappa shape index (κ3) is 1.85. The second-order valence-electron chi connectivity index (χ2n) is 2.83. The van der Waals surface area contributed by atoms with Crippen LogP contribution in [0.2, 0.25) is 0 Å². The van der Waals surface area contributed by atoms with Gasteiger partial charge in [-0.2, -0.15) is 0 Å². The number of hydrogen-bond acceptors (Lipinski definition) is 3. The van der Waals surface area contributed by atoms with E-state index in [0.29, 0.717) is 11.4 Å². The first kappa shape index (κ1) is 9.02. The highest BCUT2D eigenvalue weighted by molar-refractivity contribution is 7.14. The van der Waals surface area contributed by atoms with Crippen molar-refractivity contribution in [2.45, 2.75) is 0 Å². The minimum absolute atomic E-state index is 0.293. The van der Waals surface area contributed by atoms with Gasteiger partial charge in [0.25, 0.3) is 0 Å². The minimum atomic E-state index is -0.293. The normalized spacial score (nSPS) is 10.1. The Kier molecular flexibility index (Phi) is 2.37. The highest BCUT2D eigenvalue weighted by Crippen LogP contribution is 2.26. The molecule has 0 amide bonds. The summed E-state index contributed by atoms with van der Waals surface area (Å²) in [5.74, 6) is -0.293. The van der Waals surface area contributed by atoms with Crippen molar-refractivity contribution in [2.75, 3.05) is 11.1 Å². The summed E-state index contributed by atoms with van der Waals surface area (Å²) in [4.78, 5) is 0. The summed E-state index contributed by atoms with van der Waals surface area (Å²) in [6.07, 6.45) is 0. The molecule has 0 aliphatic heterocycles. The molecule has 4 heteroatoms. The summed E-state index contributed by atoms with van der Waals surface area (Å²) < 4.78 is 12.9. The second-order valence-corrected chi connectivity index (χ2v) is 3.78. The van der Waals surface area contributed by atoms with Crippen molar-refractivity contribution in [1.29, 1.82) is 0 Å². The van der Waals surface area contributed by atoms with Gasteiger partial charge < -0.3 is 11.1 Å². The number of halogens is 1. The highest BCUT2D eigenvalue weighted by atomic mass is 32.1. The van der Waals surface area contributed by atoms with Gasteiger partial charge in [-0.25, -0.2) is 4.39 Å². The molecule has 0 saturated heterocycles. The van der Waals surface area contributed by atoms with E-state index in [1.54, 1.807) is 17.4 Å². The molecule has 14 heavy (non-hydrogen) atoms. The Morgan fingerprint density at radius 2 is 2.14 bits per heavy atom. The van der Waals surface area contributed by atoms with Crippen LogP contribution in [-0.2, 0) is 0 Å². The number of hydrogen-bond donors (Lipinski definition) is 2. The van der Waals surface area contributed by atoms with E-state index in [-0.39, 0.29) is 5.82 Å². The van der Waals surface area contributed by atoms with Crippen LogP contribution in [-0.4, -0.2) is 0 Å². The molecule has 0 fully saturated rings. The van der Waals surface area contributed by atoms with Crippen LogP contribution in [0.4, 0.5) is 20.8 Å². The molecule has 0 aliphatic carbocycles. The van der Waals surface area contributed by atoms with Gasteiger partial charge in [0.1, 0.15) is 5.82 Å². The molecular formula is C10H9FN2S. The Balaban J connectivity index is 2.28. The fraction of sp³-hybridized carbons (Fsp3) is 0. The number of anilines is 3. The monoisotopic (exact) mass is 208 g/mol. The van der Waals surface area contributed by atoms with Gasteiger partial charge in [-0.1, -0.05) is 0 Å². The van der Waals surface area contributed by atoms with Crippen molar-refractivity contribution in [2.24, 2.45) is 0 Å². The molecule has 1 aromatic heterocycles. The van der Waals surface area contributed by atoms with Crippen molar-refractivity contribution in [3.8, 4) is 0 Å². The van der Waals surface area contributed by atoms with E-state index in [0.717, 1.165) is 5.00 Å². The molecule has 72 valence electrons. The summed E-state index contributed by atoms with van der Waals surface area (Å²) >= 11 is 1.54. The largest absolute Gasteiger partial charge is 0.397 e. The molecule has 0 saturated carbocycles. The summed E-state index contributed by atoms with van der Waals surface area (Å²) in [5.41, 5.74) is 6.83. The lowest BCUT2D eigenvalue weighted by Gasteiger charge is -2.06. The van der Waals surface area contributed by atoms with Gasteiger partial charge >= 0.3 is 0 Å². The summed E-state index contributed by atoms with van der Waals surface area (Å²) in [6, 6.07) is 8.10. The molecule has 1 heterocycles. The van der Waals surface area contributed by atoms with Crippen LogP contribution in [0.5, 0.6) is 0 Å². The lowest BCUT2D eigenvalue weighted by Crippen LogP contribution is -1.95. The fourth-order valence-electron chi connectivity index (χ4n) is 1.12. The highest BCUT2D eigenvalue weighted by Gasteiger charge is 2.01. The Bertz CT molecular complexity index is 426. The molecule has 0 unspecified atom stereocenters. The Morgan fingerprint density at radius 1 is 1.29 bits per heavy atom. The Hall–Kier alpha value is -1.55. The maximum atomic E-state index is 12.9. The van der Waals surface area contributed by atoms with Gasteiger partial charge in [-0.3, -0.25) is 0 Å². The summed E-state index contributed by atoms with van der Waals surface area (Å²) in [5, 5.41) is 5.94. The molecule has 0 radical (unpaired) electrons. The molecule has 2 nitrogen and oxygen atoms in total. The predicted octanol–water partition coefficient (Wildman–Crippen LogP) is 3.21. The van der Waals surface area contributed by atoms with Crippen molar-refractivity contribution in [1.82, 2.24) is 0 Å². The zero-order valence-electron chi connectivity index (χ0n) is 7.33. The number of nitrogens with two attached hydrogens (primary N) is 1. The first-order chi connectivity index (χ1) is 6.75. The van der Waals surface area contributed by atoms with Crippen molar-refractivity contribution >= 4 is 27.7 Å². The maximum Gasteiger partial charge on any atom is 0.125 e. The topological polar surface area (TPSA) is 38.0 Å². The van der Waals surface area contributed by atoms with Gasteiger partial charge in [-0.15, -0.1) is 11.3 Å². The standard InChI is InChI=1S/C10H9FN2S/c11-7-3-4-8(12)9(6-7)13-10-2-1-5-14-10/h1-6,13H,12H2. The van der Waals surface area contributed by atoms with Crippen molar-refractivity contribution < 1.29 is 4.39 Å². The molecule has 0 atom stereocenters. The number of nitrogens with one attached hydrogen (secondary N) is 1. The third-order valence-corrected chi connectivity index (χ3v) is 2.58. The van der Waals surface area contributed by atoms with Crippen LogP contribution >= 0.6 is 11.3 Å². The number of benzene rings is 1. The van der Waals surface area contributed by atoms with Gasteiger partial charge in [-0.05, 0) is 35.7 Å². The number of thiophene rings is 1. The molecular weight excluding hydrogens is 199 g/mol. The van der Waals surface area contributed by atoms with Crippen LogP contribution in [0.25, 0.3) is 0 Å². The van der Waals surface area contributed by atoms with Gasteiger partial charge in [0, 0.05) is 0 Å². The smallest absolute Gasteiger partial charge is 0.125 e. The Labute approximate surface area is 85.2 Å². The van der Waals surface area contributed by atoms with Crippen molar-refractivity contribution in [3.05, 3.63) is 41.5 Å².